The number of halogens is 3. The average molecular weight is 418 g/mol. The van der Waals surface area contributed by atoms with E-state index in [1.807, 2.05) is 30.3 Å². The number of ether oxygens (including phenoxy) is 1. The number of nitrogens with zero attached hydrogens (tertiary/aromatic N) is 2. The van der Waals surface area contributed by atoms with Crippen molar-refractivity contribution in [3.63, 3.8) is 0 Å². The second-order valence-corrected chi connectivity index (χ2v) is 6.31. The predicted molar refractivity (Wildman–Crippen MR) is 103 cm³/mol. The molecule has 2 N–H and O–H groups in total. The van der Waals surface area contributed by atoms with Gasteiger partial charge in [0.1, 0.15) is 11.4 Å². The molecule has 0 radical (unpaired) electrons. The Morgan fingerprint density at radius 2 is 1.77 bits per heavy atom. The molecule has 0 spiro atoms. The Hall–Kier alpha value is -3.82. The maximum atomic E-state index is 12.5. The number of hydrogen-bond acceptors (Lipinski definition) is 4. The van der Waals surface area contributed by atoms with Crippen molar-refractivity contribution < 1.29 is 27.5 Å². The maximum absolute atomic E-state index is 12.5. The van der Waals surface area contributed by atoms with Crippen LogP contribution in [0, 0.1) is 0 Å². The summed E-state index contributed by atoms with van der Waals surface area (Å²) in [6.45, 7) is -0.265. The number of likely N-dealkylation sites (N-methyl/N-ethyl adjacent to an activating group) is 1. The fourth-order valence-corrected chi connectivity index (χ4v) is 2.62. The van der Waals surface area contributed by atoms with Crippen LogP contribution in [-0.4, -0.2) is 46.9 Å². The first kappa shape index (κ1) is 20.9. The van der Waals surface area contributed by atoms with Crippen LogP contribution in [0.15, 0.2) is 60.7 Å². The summed E-state index contributed by atoms with van der Waals surface area (Å²) in [6, 6.07) is 15.6. The molecule has 0 unspecified atom stereocenters. The van der Waals surface area contributed by atoms with Crippen LogP contribution in [0.5, 0.6) is 5.75 Å². The van der Waals surface area contributed by atoms with E-state index in [0.29, 0.717) is 5.69 Å². The van der Waals surface area contributed by atoms with Gasteiger partial charge in [0.2, 0.25) is 5.91 Å². The number of aromatic amines is 1. The fourth-order valence-electron chi connectivity index (χ4n) is 2.62. The zero-order valence-electron chi connectivity index (χ0n) is 15.7. The maximum Gasteiger partial charge on any atom is 0.573 e. The van der Waals surface area contributed by atoms with Gasteiger partial charge in [0.25, 0.3) is 5.91 Å². The second-order valence-electron chi connectivity index (χ2n) is 6.31. The van der Waals surface area contributed by atoms with Gasteiger partial charge >= 0.3 is 6.36 Å². The van der Waals surface area contributed by atoms with Crippen molar-refractivity contribution in [2.75, 3.05) is 18.9 Å². The largest absolute Gasteiger partial charge is 0.573 e. The molecule has 7 nitrogen and oxygen atoms in total. The molecule has 0 aliphatic heterocycles. The second kappa shape index (κ2) is 8.68. The zero-order valence-corrected chi connectivity index (χ0v) is 15.7. The minimum atomic E-state index is -4.79. The van der Waals surface area contributed by atoms with E-state index < -0.39 is 23.9 Å². The molecule has 1 heterocycles. The van der Waals surface area contributed by atoms with Gasteiger partial charge in [0.05, 0.1) is 12.2 Å². The number of alkyl halides is 3. The molecule has 0 bridgehead atoms. The molecule has 30 heavy (non-hydrogen) atoms. The number of amides is 2. The van der Waals surface area contributed by atoms with Crippen LogP contribution in [0.3, 0.4) is 0 Å². The molecular formula is C20H17F3N4O3. The van der Waals surface area contributed by atoms with Crippen LogP contribution in [0.25, 0.3) is 11.3 Å². The molecule has 3 rings (SSSR count). The van der Waals surface area contributed by atoms with Crippen molar-refractivity contribution in [2.24, 2.45) is 0 Å². The quantitative estimate of drug-likeness (QED) is 0.639. The lowest BCUT2D eigenvalue weighted by Gasteiger charge is -2.16. The summed E-state index contributed by atoms with van der Waals surface area (Å²) in [6.07, 6.45) is -4.79. The van der Waals surface area contributed by atoms with Gasteiger partial charge in [-0.2, -0.15) is 5.10 Å². The number of nitrogens with one attached hydrogen (secondary N) is 2. The summed E-state index contributed by atoms with van der Waals surface area (Å²) < 4.78 is 40.3. The molecule has 2 aromatic carbocycles. The third-order valence-electron chi connectivity index (χ3n) is 3.98. The van der Waals surface area contributed by atoms with Crippen LogP contribution in [-0.2, 0) is 4.79 Å². The van der Waals surface area contributed by atoms with Crippen molar-refractivity contribution >= 4 is 17.5 Å². The van der Waals surface area contributed by atoms with Crippen LogP contribution >= 0.6 is 0 Å². The van der Waals surface area contributed by atoms with Gasteiger partial charge in [-0.3, -0.25) is 14.7 Å². The molecule has 0 aliphatic rings. The minimum absolute atomic E-state index is 0.220. The van der Waals surface area contributed by atoms with E-state index in [1.165, 1.54) is 24.1 Å². The summed E-state index contributed by atoms with van der Waals surface area (Å²) in [5.41, 5.74) is 1.92. The smallest absolute Gasteiger partial charge is 0.406 e. The molecule has 156 valence electrons. The van der Waals surface area contributed by atoms with Crippen molar-refractivity contribution in [1.29, 1.82) is 0 Å². The Labute approximate surface area is 169 Å². The number of anilines is 1. The number of benzene rings is 2. The summed E-state index contributed by atoms with van der Waals surface area (Å²) >= 11 is 0. The molecule has 10 heteroatoms. The first-order chi connectivity index (χ1) is 14.2. The molecule has 3 aromatic rings. The van der Waals surface area contributed by atoms with Crippen molar-refractivity contribution in [3.8, 4) is 17.0 Å². The molecule has 0 saturated heterocycles. The molecule has 0 aliphatic carbocycles. The summed E-state index contributed by atoms with van der Waals surface area (Å²) in [5.74, 6) is -1.35. The van der Waals surface area contributed by atoms with Crippen LogP contribution in [0.2, 0.25) is 0 Å². The van der Waals surface area contributed by atoms with Gasteiger partial charge in [-0.15, -0.1) is 13.2 Å². The van der Waals surface area contributed by atoms with E-state index in [-0.39, 0.29) is 17.9 Å². The third kappa shape index (κ3) is 5.60. The highest BCUT2D eigenvalue weighted by Gasteiger charge is 2.31. The average Bonchev–Trinajstić information content (AvgIpc) is 3.18. The number of aromatic nitrogens is 2. The number of carbonyl (C=O) groups is 2. The SMILES string of the molecule is CN(CC(=O)Nc1ccc(OC(F)(F)F)cc1)C(=O)c1cc(-c2ccccc2)n[nH]1. The molecule has 2 amide bonds. The Morgan fingerprint density at radius 3 is 2.40 bits per heavy atom. The Bertz CT molecular complexity index is 1020. The van der Waals surface area contributed by atoms with Gasteiger partial charge in [-0.1, -0.05) is 30.3 Å². The lowest BCUT2D eigenvalue weighted by molar-refractivity contribution is -0.274. The number of H-pyrrole nitrogens is 1. The lowest BCUT2D eigenvalue weighted by Crippen LogP contribution is -2.35. The highest BCUT2D eigenvalue weighted by atomic mass is 19.4. The fraction of sp³-hybridized carbons (Fsp3) is 0.150. The van der Waals surface area contributed by atoms with Gasteiger partial charge in [-0.05, 0) is 30.3 Å². The monoisotopic (exact) mass is 418 g/mol. The highest BCUT2D eigenvalue weighted by molar-refractivity contribution is 5.98. The molecule has 0 atom stereocenters. The van der Waals surface area contributed by atoms with E-state index in [4.69, 9.17) is 0 Å². The van der Waals surface area contributed by atoms with Gasteiger partial charge in [0, 0.05) is 18.3 Å². The van der Waals surface area contributed by atoms with Crippen molar-refractivity contribution in [2.45, 2.75) is 6.36 Å². The summed E-state index contributed by atoms with van der Waals surface area (Å²) in [4.78, 5) is 25.9. The number of hydrogen-bond donors (Lipinski definition) is 2. The van der Waals surface area contributed by atoms with E-state index in [9.17, 15) is 22.8 Å². The Kier molecular flexibility index (Phi) is 6.05. The van der Waals surface area contributed by atoms with Gasteiger partial charge in [0.15, 0.2) is 0 Å². The zero-order chi connectivity index (χ0) is 21.7. The lowest BCUT2D eigenvalue weighted by atomic mass is 10.1. The van der Waals surface area contributed by atoms with Crippen LogP contribution in [0.1, 0.15) is 10.5 Å². The Morgan fingerprint density at radius 1 is 1.10 bits per heavy atom. The first-order valence-corrected chi connectivity index (χ1v) is 8.73. The van der Waals surface area contributed by atoms with Crippen LogP contribution in [0.4, 0.5) is 18.9 Å². The van der Waals surface area contributed by atoms with Gasteiger partial charge < -0.3 is 15.0 Å². The topological polar surface area (TPSA) is 87.3 Å². The molecule has 0 fully saturated rings. The molecule has 1 aromatic heterocycles. The Balaban J connectivity index is 1.56. The standard InChI is InChI=1S/C20H17F3N4O3/c1-27(19(29)17-11-16(25-26-17)13-5-3-2-4-6-13)12-18(28)24-14-7-9-15(10-8-14)30-20(21,22)23/h2-11H,12H2,1H3,(H,24,28)(H,25,26). The first-order valence-electron chi connectivity index (χ1n) is 8.73. The minimum Gasteiger partial charge on any atom is -0.406 e. The van der Waals surface area contributed by atoms with E-state index in [0.717, 1.165) is 17.7 Å². The van der Waals surface area contributed by atoms with E-state index in [2.05, 4.69) is 20.3 Å². The molecular weight excluding hydrogens is 401 g/mol. The van der Waals surface area contributed by atoms with Crippen LogP contribution < -0.4 is 10.1 Å². The predicted octanol–water partition coefficient (Wildman–Crippen LogP) is 3.69. The molecule has 0 saturated carbocycles. The summed E-state index contributed by atoms with van der Waals surface area (Å²) in [7, 11) is 1.45. The number of rotatable bonds is 6. The van der Waals surface area contributed by atoms with Gasteiger partial charge in [-0.25, -0.2) is 0 Å². The highest BCUT2D eigenvalue weighted by Crippen LogP contribution is 2.24. The normalized spacial score (nSPS) is 11.1. The third-order valence-corrected chi connectivity index (χ3v) is 3.98. The van der Waals surface area contributed by atoms with Crippen molar-refractivity contribution in [1.82, 2.24) is 15.1 Å². The summed E-state index contributed by atoms with van der Waals surface area (Å²) in [5, 5.41) is 9.26. The van der Waals surface area contributed by atoms with E-state index >= 15 is 0 Å². The number of carbonyl (C=O) groups excluding carboxylic acids is 2. The van der Waals surface area contributed by atoms with E-state index in [1.54, 1.807) is 6.07 Å². The van der Waals surface area contributed by atoms with Crippen molar-refractivity contribution in [3.05, 3.63) is 66.4 Å².